The van der Waals surface area contributed by atoms with E-state index in [1.165, 1.54) is 6.20 Å². The topological polar surface area (TPSA) is 70.4 Å². The molecular weight excluding hydrogens is 182 g/mol. The number of hydrogen-bond acceptors (Lipinski definition) is 3. The summed E-state index contributed by atoms with van der Waals surface area (Å²) >= 11 is 0. The highest BCUT2D eigenvalue weighted by Crippen LogP contribution is 2.19. The molecule has 0 aliphatic heterocycles. The lowest BCUT2D eigenvalue weighted by atomic mass is 10.0. The van der Waals surface area contributed by atoms with Crippen LogP contribution in [0, 0.1) is 6.92 Å². The summed E-state index contributed by atoms with van der Waals surface area (Å²) in [6.45, 7) is 4.89. The van der Waals surface area contributed by atoms with Gasteiger partial charge in [0.25, 0.3) is 0 Å². The van der Waals surface area contributed by atoms with Crippen molar-refractivity contribution < 1.29 is 15.0 Å². The third-order valence-electron chi connectivity index (χ3n) is 1.97. The average Bonchev–Trinajstić information content (AvgIpc) is 2.01. The molecule has 0 radical (unpaired) electrons. The predicted molar refractivity (Wildman–Crippen MR) is 51.2 cm³/mol. The summed E-state index contributed by atoms with van der Waals surface area (Å²) in [7, 11) is 0. The van der Waals surface area contributed by atoms with Crippen LogP contribution < -0.4 is 0 Å². The molecule has 0 amide bonds. The Morgan fingerprint density at radius 3 is 2.43 bits per heavy atom. The van der Waals surface area contributed by atoms with Crippen LogP contribution in [0.2, 0.25) is 0 Å². The Balaban J connectivity index is 3.20. The van der Waals surface area contributed by atoms with Gasteiger partial charge in [-0.1, -0.05) is 0 Å². The van der Waals surface area contributed by atoms with Gasteiger partial charge in [-0.2, -0.15) is 0 Å². The van der Waals surface area contributed by atoms with Crippen molar-refractivity contribution in [1.29, 1.82) is 0 Å². The summed E-state index contributed by atoms with van der Waals surface area (Å²) < 4.78 is 0. The van der Waals surface area contributed by atoms with E-state index in [0.717, 1.165) is 0 Å². The number of aliphatic hydroxyl groups is 1. The fraction of sp³-hybridized carbons (Fsp3) is 0.400. The lowest BCUT2D eigenvalue weighted by Crippen LogP contribution is -2.18. The lowest BCUT2D eigenvalue weighted by Gasteiger charge is -2.17. The van der Waals surface area contributed by atoms with Gasteiger partial charge in [0.2, 0.25) is 0 Å². The van der Waals surface area contributed by atoms with Crippen molar-refractivity contribution in [3.8, 4) is 0 Å². The van der Waals surface area contributed by atoms with Gasteiger partial charge in [0.15, 0.2) is 0 Å². The van der Waals surface area contributed by atoms with Gasteiger partial charge < -0.3 is 10.2 Å². The van der Waals surface area contributed by atoms with Gasteiger partial charge >= 0.3 is 5.97 Å². The quantitative estimate of drug-likeness (QED) is 0.746. The van der Waals surface area contributed by atoms with Gasteiger partial charge in [0.05, 0.1) is 11.3 Å². The molecular formula is C10H13NO3. The van der Waals surface area contributed by atoms with Crippen molar-refractivity contribution in [1.82, 2.24) is 4.98 Å². The molecule has 4 nitrogen and oxygen atoms in total. The second kappa shape index (κ2) is 3.38. The zero-order valence-electron chi connectivity index (χ0n) is 8.40. The molecule has 0 unspecified atom stereocenters. The molecule has 0 saturated carbocycles. The Labute approximate surface area is 82.2 Å². The molecule has 1 aromatic heterocycles. The normalized spacial score (nSPS) is 11.4. The van der Waals surface area contributed by atoms with Gasteiger partial charge in [-0.25, -0.2) is 4.79 Å². The smallest absolute Gasteiger partial charge is 0.337 e. The van der Waals surface area contributed by atoms with Gasteiger partial charge in [0.1, 0.15) is 5.60 Å². The molecule has 4 heteroatoms. The molecule has 0 spiro atoms. The van der Waals surface area contributed by atoms with Crippen LogP contribution in [-0.2, 0) is 5.60 Å². The molecule has 1 rings (SSSR count). The predicted octanol–water partition coefficient (Wildman–Crippen LogP) is 1.32. The Bertz CT molecular complexity index is 366. The average molecular weight is 195 g/mol. The molecule has 1 heterocycles. The summed E-state index contributed by atoms with van der Waals surface area (Å²) in [5, 5.41) is 18.4. The first-order valence-electron chi connectivity index (χ1n) is 4.25. The second-order valence-electron chi connectivity index (χ2n) is 3.75. The van der Waals surface area contributed by atoms with Crippen molar-refractivity contribution in [2.45, 2.75) is 26.4 Å². The second-order valence-corrected chi connectivity index (χ2v) is 3.75. The number of carboxylic acids is 1. The number of carbonyl (C=O) groups is 1. The SMILES string of the molecule is Cc1cc(C(C)(C)O)ncc1C(=O)O. The summed E-state index contributed by atoms with van der Waals surface area (Å²) in [5.41, 5.74) is 0.199. The first-order chi connectivity index (χ1) is 6.32. The highest BCUT2D eigenvalue weighted by Gasteiger charge is 2.19. The maximum Gasteiger partial charge on any atom is 0.337 e. The van der Waals surface area contributed by atoms with Crippen molar-refractivity contribution in [3.05, 3.63) is 29.1 Å². The molecule has 0 fully saturated rings. The first-order valence-corrected chi connectivity index (χ1v) is 4.25. The zero-order valence-corrected chi connectivity index (χ0v) is 8.40. The minimum Gasteiger partial charge on any atom is -0.478 e. The standard InChI is InChI=1S/C10H13NO3/c1-6-4-8(10(2,3)14)11-5-7(6)9(12)13/h4-5,14H,1-3H3,(H,12,13). The van der Waals surface area contributed by atoms with Gasteiger partial charge in [-0.3, -0.25) is 4.98 Å². The van der Waals surface area contributed by atoms with Crippen molar-refractivity contribution in [3.63, 3.8) is 0 Å². The van der Waals surface area contributed by atoms with Crippen LogP contribution in [0.1, 0.15) is 35.5 Å². The molecule has 0 atom stereocenters. The van der Waals surface area contributed by atoms with Gasteiger partial charge in [-0.05, 0) is 32.4 Å². The van der Waals surface area contributed by atoms with E-state index in [9.17, 15) is 9.90 Å². The van der Waals surface area contributed by atoms with E-state index >= 15 is 0 Å². The monoisotopic (exact) mass is 195 g/mol. The number of hydrogen-bond donors (Lipinski definition) is 2. The minimum absolute atomic E-state index is 0.165. The maximum atomic E-state index is 10.7. The minimum atomic E-state index is -1.04. The highest BCUT2D eigenvalue weighted by atomic mass is 16.4. The molecule has 0 aliphatic carbocycles. The zero-order chi connectivity index (χ0) is 10.9. The van der Waals surface area contributed by atoms with E-state index < -0.39 is 11.6 Å². The third kappa shape index (κ3) is 2.09. The van der Waals surface area contributed by atoms with E-state index in [-0.39, 0.29) is 5.56 Å². The summed E-state index contributed by atoms with van der Waals surface area (Å²) in [4.78, 5) is 14.6. The Hall–Kier alpha value is -1.42. The number of aromatic nitrogens is 1. The van der Waals surface area contributed by atoms with Crippen LogP contribution in [0.4, 0.5) is 0 Å². The Kier molecular flexibility index (Phi) is 2.57. The van der Waals surface area contributed by atoms with E-state index in [0.29, 0.717) is 11.3 Å². The molecule has 1 aromatic rings. The molecule has 76 valence electrons. The fourth-order valence-electron chi connectivity index (χ4n) is 1.11. The largest absolute Gasteiger partial charge is 0.478 e. The van der Waals surface area contributed by atoms with Crippen LogP contribution in [0.3, 0.4) is 0 Å². The fourth-order valence-corrected chi connectivity index (χ4v) is 1.11. The van der Waals surface area contributed by atoms with Gasteiger partial charge in [-0.15, -0.1) is 0 Å². The number of nitrogens with zero attached hydrogens (tertiary/aromatic N) is 1. The van der Waals surface area contributed by atoms with E-state index in [4.69, 9.17) is 5.11 Å². The lowest BCUT2D eigenvalue weighted by molar-refractivity contribution is 0.0683. The highest BCUT2D eigenvalue weighted by molar-refractivity contribution is 5.88. The van der Waals surface area contributed by atoms with Crippen LogP contribution in [-0.4, -0.2) is 21.2 Å². The molecule has 14 heavy (non-hydrogen) atoms. The summed E-state index contributed by atoms with van der Waals surface area (Å²) in [6, 6.07) is 1.59. The number of aryl methyl sites for hydroxylation is 1. The molecule has 0 saturated heterocycles. The number of rotatable bonds is 2. The Morgan fingerprint density at radius 1 is 1.50 bits per heavy atom. The number of carboxylic acid groups (broad SMARTS) is 1. The van der Waals surface area contributed by atoms with Crippen LogP contribution in [0.15, 0.2) is 12.3 Å². The molecule has 0 aliphatic rings. The van der Waals surface area contributed by atoms with Crippen LogP contribution in [0.5, 0.6) is 0 Å². The summed E-state index contributed by atoms with van der Waals surface area (Å²) in [5.74, 6) is -1.00. The van der Waals surface area contributed by atoms with Crippen molar-refractivity contribution in [2.75, 3.05) is 0 Å². The van der Waals surface area contributed by atoms with Crippen molar-refractivity contribution >= 4 is 5.97 Å². The molecule has 0 bridgehead atoms. The van der Waals surface area contributed by atoms with E-state index in [2.05, 4.69) is 4.98 Å². The summed E-state index contributed by atoms with van der Waals surface area (Å²) in [6.07, 6.45) is 1.27. The number of aromatic carboxylic acids is 1. The van der Waals surface area contributed by atoms with E-state index in [1.54, 1.807) is 26.8 Å². The molecule has 0 aromatic carbocycles. The van der Waals surface area contributed by atoms with Gasteiger partial charge in [0, 0.05) is 6.20 Å². The van der Waals surface area contributed by atoms with Crippen LogP contribution >= 0.6 is 0 Å². The molecule has 2 N–H and O–H groups in total. The van der Waals surface area contributed by atoms with Crippen molar-refractivity contribution in [2.24, 2.45) is 0 Å². The third-order valence-corrected chi connectivity index (χ3v) is 1.97. The maximum absolute atomic E-state index is 10.7. The van der Waals surface area contributed by atoms with Crippen LogP contribution in [0.25, 0.3) is 0 Å². The number of pyridine rings is 1. The first kappa shape index (κ1) is 10.7. The Morgan fingerprint density at radius 2 is 2.07 bits per heavy atom. The van der Waals surface area contributed by atoms with E-state index in [1.807, 2.05) is 0 Å².